The summed E-state index contributed by atoms with van der Waals surface area (Å²) in [6.45, 7) is 1.45. The second kappa shape index (κ2) is 8.93. The maximum Gasteiger partial charge on any atom is 0.191 e. The number of benzene rings is 2. The molecule has 0 aliphatic carbocycles. The Kier molecular flexibility index (Phi) is 6.14. The van der Waals surface area contributed by atoms with Crippen molar-refractivity contribution in [2.45, 2.75) is 19.6 Å². The number of aromatic nitrogens is 2. The summed E-state index contributed by atoms with van der Waals surface area (Å²) < 4.78 is 29.0. The van der Waals surface area contributed by atoms with Gasteiger partial charge >= 0.3 is 0 Å². The van der Waals surface area contributed by atoms with Gasteiger partial charge in [-0.25, -0.2) is 13.8 Å². The summed E-state index contributed by atoms with van der Waals surface area (Å²) in [6.07, 6.45) is 5.45. The van der Waals surface area contributed by atoms with Crippen LogP contribution in [0.2, 0.25) is 0 Å². The monoisotopic (exact) mass is 369 g/mol. The Morgan fingerprint density at radius 2 is 1.89 bits per heavy atom. The van der Waals surface area contributed by atoms with Gasteiger partial charge in [0.05, 0.1) is 6.33 Å². The minimum atomic E-state index is -0.467. The largest absolute Gasteiger partial charge is 0.352 e. The maximum atomic E-state index is 13.7. The van der Waals surface area contributed by atoms with Gasteiger partial charge in [-0.05, 0) is 29.3 Å². The molecule has 0 saturated carbocycles. The Morgan fingerprint density at radius 3 is 2.67 bits per heavy atom. The van der Waals surface area contributed by atoms with Gasteiger partial charge in [0, 0.05) is 44.6 Å². The topological polar surface area (TPSA) is 54.2 Å². The molecule has 7 heteroatoms. The molecule has 0 fully saturated rings. The van der Waals surface area contributed by atoms with E-state index in [1.54, 1.807) is 19.6 Å². The van der Waals surface area contributed by atoms with Crippen LogP contribution in [0.3, 0.4) is 0 Å². The average Bonchev–Trinajstić information content (AvgIpc) is 3.18. The van der Waals surface area contributed by atoms with Gasteiger partial charge in [0.1, 0.15) is 11.6 Å². The zero-order chi connectivity index (χ0) is 19.1. The summed E-state index contributed by atoms with van der Waals surface area (Å²) in [5.74, 6) is -0.406. The van der Waals surface area contributed by atoms with E-state index in [0.717, 1.165) is 29.8 Å². The molecule has 0 spiro atoms. The normalized spacial score (nSPS) is 11.4. The molecule has 2 aromatic carbocycles. The molecule has 27 heavy (non-hydrogen) atoms. The molecular formula is C20H21F2N5. The highest BCUT2D eigenvalue weighted by Gasteiger charge is 2.05. The number of nitrogens with zero attached hydrogens (tertiary/aromatic N) is 3. The molecule has 2 N–H and O–H groups in total. The van der Waals surface area contributed by atoms with Gasteiger partial charge in [0.15, 0.2) is 5.96 Å². The zero-order valence-corrected chi connectivity index (χ0v) is 15.0. The fourth-order valence-corrected chi connectivity index (χ4v) is 2.69. The Labute approximate surface area is 156 Å². The van der Waals surface area contributed by atoms with Crippen molar-refractivity contribution in [1.29, 1.82) is 0 Å². The number of halogens is 2. The van der Waals surface area contributed by atoms with Crippen molar-refractivity contribution in [1.82, 2.24) is 20.2 Å². The first kappa shape index (κ1) is 18.6. The van der Waals surface area contributed by atoms with E-state index in [4.69, 9.17) is 0 Å². The number of imidazole rings is 1. The molecule has 1 heterocycles. The Bertz CT molecular complexity index is 906. The molecule has 1 aromatic heterocycles. The summed E-state index contributed by atoms with van der Waals surface area (Å²) >= 11 is 0. The lowest BCUT2D eigenvalue weighted by Crippen LogP contribution is -2.36. The highest BCUT2D eigenvalue weighted by atomic mass is 19.1. The first-order valence-corrected chi connectivity index (χ1v) is 8.56. The minimum absolute atomic E-state index is 0.143. The van der Waals surface area contributed by atoms with Crippen LogP contribution in [0, 0.1) is 11.6 Å². The van der Waals surface area contributed by atoms with Gasteiger partial charge in [-0.2, -0.15) is 0 Å². The van der Waals surface area contributed by atoms with Gasteiger partial charge in [-0.1, -0.05) is 24.3 Å². The molecule has 5 nitrogen and oxygen atoms in total. The standard InChI is InChI=1S/C20H21F2N5/c1-23-20(26-12-17-10-18(21)5-6-19(17)22)25-11-15-3-2-4-16(9-15)13-27-8-7-24-14-27/h2-10,14H,11-13H2,1H3,(H2,23,25,26). The minimum Gasteiger partial charge on any atom is -0.352 e. The van der Waals surface area contributed by atoms with E-state index >= 15 is 0 Å². The number of rotatable bonds is 6. The van der Waals surface area contributed by atoms with Crippen molar-refractivity contribution < 1.29 is 8.78 Å². The van der Waals surface area contributed by atoms with E-state index < -0.39 is 11.6 Å². The first-order chi connectivity index (χ1) is 13.1. The molecule has 140 valence electrons. The van der Waals surface area contributed by atoms with Crippen LogP contribution >= 0.6 is 0 Å². The quantitative estimate of drug-likeness (QED) is 0.519. The van der Waals surface area contributed by atoms with E-state index in [-0.39, 0.29) is 12.1 Å². The number of hydrogen-bond acceptors (Lipinski definition) is 2. The van der Waals surface area contributed by atoms with Crippen molar-refractivity contribution in [3.63, 3.8) is 0 Å². The molecule has 0 saturated heterocycles. The molecule has 3 aromatic rings. The Morgan fingerprint density at radius 1 is 1.07 bits per heavy atom. The number of hydrogen-bond donors (Lipinski definition) is 2. The lowest BCUT2D eigenvalue weighted by atomic mass is 10.1. The van der Waals surface area contributed by atoms with E-state index in [2.05, 4.69) is 32.7 Å². The first-order valence-electron chi connectivity index (χ1n) is 8.56. The van der Waals surface area contributed by atoms with Crippen LogP contribution in [0.25, 0.3) is 0 Å². The summed E-state index contributed by atoms with van der Waals surface area (Å²) in [5.41, 5.74) is 2.50. The molecular weight excluding hydrogens is 348 g/mol. The second-order valence-electron chi connectivity index (χ2n) is 6.07. The fourth-order valence-electron chi connectivity index (χ4n) is 2.69. The smallest absolute Gasteiger partial charge is 0.191 e. The second-order valence-corrected chi connectivity index (χ2v) is 6.07. The molecule has 0 bridgehead atoms. The average molecular weight is 369 g/mol. The molecule has 0 atom stereocenters. The van der Waals surface area contributed by atoms with Crippen LogP contribution in [0.4, 0.5) is 8.78 Å². The lowest BCUT2D eigenvalue weighted by Gasteiger charge is -2.13. The molecule has 0 aliphatic rings. The van der Waals surface area contributed by atoms with Crippen LogP contribution in [-0.2, 0) is 19.6 Å². The summed E-state index contributed by atoms with van der Waals surface area (Å²) in [7, 11) is 1.63. The fraction of sp³-hybridized carbons (Fsp3) is 0.200. The summed E-state index contributed by atoms with van der Waals surface area (Å²) in [5, 5.41) is 6.17. The number of aliphatic imine (C=N–C) groups is 1. The van der Waals surface area contributed by atoms with Crippen LogP contribution in [0.5, 0.6) is 0 Å². The van der Waals surface area contributed by atoms with Crippen LogP contribution < -0.4 is 10.6 Å². The van der Waals surface area contributed by atoms with E-state index in [1.165, 1.54) is 6.07 Å². The van der Waals surface area contributed by atoms with Crippen LogP contribution in [0.15, 0.2) is 66.2 Å². The molecule has 0 aliphatic heterocycles. The van der Waals surface area contributed by atoms with Gasteiger partial charge in [-0.15, -0.1) is 0 Å². The lowest BCUT2D eigenvalue weighted by molar-refractivity contribution is 0.581. The number of guanidine groups is 1. The summed E-state index contributed by atoms with van der Waals surface area (Å²) in [4.78, 5) is 8.16. The van der Waals surface area contributed by atoms with Crippen molar-refractivity contribution in [3.8, 4) is 0 Å². The van der Waals surface area contributed by atoms with Gasteiger partial charge < -0.3 is 15.2 Å². The van der Waals surface area contributed by atoms with Crippen molar-refractivity contribution in [2.24, 2.45) is 4.99 Å². The van der Waals surface area contributed by atoms with Crippen LogP contribution in [-0.4, -0.2) is 22.6 Å². The van der Waals surface area contributed by atoms with E-state index in [1.807, 2.05) is 22.9 Å². The molecule has 0 amide bonds. The zero-order valence-electron chi connectivity index (χ0n) is 15.0. The van der Waals surface area contributed by atoms with Gasteiger partial charge in [0.25, 0.3) is 0 Å². The number of nitrogens with one attached hydrogen (secondary N) is 2. The highest BCUT2D eigenvalue weighted by molar-refractivity contribution is 5.79. The van der Waals surface area contributed by atoms with E-state index in [0.29, 0.717) is 12.5 Å². The Hall–Kier alpha value is -3.22. The third kappa shape index (κ3) is 5.37. The third-order valence-electron chi connectivity index (χ3n) is 4.05. The SMILES string of the molecule is CN=C(NCc1cccc(Cn2ccnc2)c1)NCc1cc(F)ccc1F. The van der Waals surface area contributed by atoms with Crippen molar-refractivity contribution in [3.05, 3.63) is 89.5 Å². The Balaban J connectivity index is 1.55. The van der Waals surface area contributed by atoms with Gasteiger partial charge in [-0.3, -0.25) is 4.99 Å². The molecule has 0 radical (unpaired) electrons. The van der Waals surface area contributed by atoms with Crippen molar-refractivity contribution >= 4 is 5.96 Å². The highest BCUT2D eigenvalue weighted by Crippen LogP contribution is 2.09. The van der Waals surface area contributed by atoms with Crippen molar-refractivity contribution in [2.75, 3.05) is 7.05 Å². The van der Waals surface area contributed by atoms with Crippen LogP contribution in [0.1, 0.15) is 16.7 Å². The third-order valence-corrected chi connectivity index (χ3v) is 4.05. The predicted octanol–water partition coefficient (Wildman–Crippen LogP) is 3.07. The molecule has 0 unspecified atom stereocenters. The maximum absolute atomic E-state index is 13.7. The summed E-state index contributed by atoms with van der Waals surface area (Å²) in [6, 6.07) is 11.6. The van der Waals surface area contributed by atoms with E-state index in [9.17, 15) is 8.78 Å². The van der Waals surface area contributed by atoms with Gasteiger partial charge in [0.2, 0.25) is 0 Å². The predicted molar refractivity (Wildman–Crippen MR) is 101 cm³/mol. The molecule has 3 rings (SSSR count).